The highest BCUT2D eigenvalue weighted by Gasteiger charge is 2.14. The minimum atomic E-state index is -0.166. The zero-order valence-corrected chi connectivity index (χ0v) is 13.9. The first-order valence-corrected chi connectivity index (χ1v) is 7.29. The summed E-state index contributed by atoms with van der Waals surface area (Å²) in [4.78, 5) is 16.4. The normalized spacial score (nSPS) is 9.96. The van der Waals surface area contributed by atoms with Crippen molar-refractivity contribution in [1.29, 1.82) is 5.26 Å². The van der Waals surface area contributed by atoms with E-state index in [9.17, 15) is 10.1 Å². The van der Waals surface area contributed by atoms with Gasteiger partial charge >= 0.3 is 0 Å². The van der Waals surface area contributed by atoms with E-state index in [0.717, 1.165) is 0 Å². The maximum atomic E-state index is 12.2. The minimum Gasteiger partial charge on any atom is -0.693 e. The highest BCUT2D eigenvalue weighted by molar-refractivity contribution is 6.33. The van der Waals surface area contributed by atoms with Crippen LogP contribution < -0.4 is 16.4 Å². The molecule has 0 aliphatic carbocycles. The molecule has 0 atom stereocenters. The predicted molar refractivity (Wildman–Crippen MR) is 95.7 cm³/mol. The number of nitrogens with one attached hydrogen (secondary N) is 1. The summed E-state index contributed by atoms with van der Waals surface area (Å²) >= 11 is 6.19. The summed E-state index contributed by atoms with van der Waals surface area (Å²) < 4.78 is 1.40. The number of anilines is 2. The molecule has 25 heavy (non-hydrogen) atoms. The Morgan fingerprint density at radius 1 is 1.36 bits per heavy atom. The van der Waals surface area contributed by atoms with E-state index in [1.54, 1.807) is 37.4 Å². The van der Waals surface area contributed by atoms with E-state index in [1.807, 2.05) is 6.07 Å². The van der Waals surface area contributed by atoms with Crippen LogP contribution in [0.2, 0.25) is 5.02 Å². The lowest BCUT2D eigenvalue weighted by Gasteiger charge is -2.11. The van der Waals surface area contributed by atoms with Gasteiger partial charge in [-0.15, -0.1) is 0 Å². The van der Waals surface area contributed by atoms with Crippen LogP contribution in [0, 0.1) is 11.3 Å². The molecule has 1 aromatic heterocycles. The average Bonchev–Trinajstić information content (AvgIpc) is 2.60. The first-order valence-electron chi connectivity index (χ1n) is 6.91. The molecule has 8 nitrogen and oxygen atoms in total. The van der Waals surface area contributed by atoms with Crippen LogP contribution in [-0.2, 0) is 7.05 Å². The lowest BCUT2D eigenvalue weighted by molar-refractivity contribution is -0.210. The Morgan fingerprint density at radius 2 is 2.12 bits per heavy atom. The molecule has 2 aromatic carbocycles. The second-order valence-electron chi connectivity index (χ2n) is 5.07. The minimum absolute atomic E-state index is 0. The largest absolute Gasteiger partial charge is 0.693 e. The molecule has 3 rings (SSSR count). The third-order valence-electron chi connectivity index (χ3n) is 3.57. The van der Waals surface area contributed by atoms with Gasteiger partial charge in [0.2, 0.25) is 0 Å². The van der Waals surface area contributed by atoms with Crippen LogP contribution in [0.5, 0.6) is 0 Å². The number of hydrogen-bond donors (Lipinski definition) is 2. The van der Waals surface area contributed by atoms with Gasteiger partial charge < -0.3 is 16.0 Å². The fraction of sp³-hybridized carbons (Fsp3) is 0.0625. The Morgan fingerprint density at radius 3 is 2.80 bits per heavy atom. The fourth-order valence-electron chi connectivity index (χ4n) is 2.34. The van der Waals surface area contributed by atoms with Crippen LogP contribution in [0.15, 0.2) is 46.6 Å². The molecule has 3 aromatic rings. The number of fused-ring (bicyclic) bond motifs is 1. The molecule has 0 saturated carbocycles. The van der Waals surface area contributed by atoms with E-state index in [0.29, 0.717) is 33.0 Å². The van der Waals surface area contributed by atoms with Gasteiger partial charge in [0.15, 0.2) is 0 Å². The van der Waals surface area contributed by atoms with Gasteiger partial charge in [-0.1, -0.05) is 11.6 Å². The molecular formula is C16H14ClN7O. The second-order valence-corrected chi connectivity index (χ2v) is 5.48. The predicted octanol–water partition coefficient (Wildman–Crippen LogP) is 2.76. The standard InChI is InChI=1S/C16H11ClN6O.H2N/c1-23-8-20-13-4-2-9(6-10(13)16(23)24)21-15-11(7-18)14(22-19)5-3-12(15)17;/h2-6,8,19,21H,1H3;1H2/q;-1/p+1. The van der Waals surface area contributed by atoms with Crippen molar-refractivity contribution in [2.24, 2.45) is 12.2 Å². The molecule has 0 fully saturated rings. The zero-order valence-electron chi connectivity index (χ0n) is 13.2. The quantitative estimate of drug-likeness (QED) is 0.696. The van der Waals surface area contributed by atoms with Gasteiger partial charge in [0, 0.05) is 12.7 Å². The van der Waals surface area contributed by atoms with E-state index in [4.69, 9.17) is 17.1 Å². The summed E-state index contributed by atoms with van der Waals surface area (Å²) in [6.07, 6.45) is 1.47. The van der Waals surface area contributed by atoms with Gasteiger partial charge in [-0.3, -0.25) is 4.79 Å². The third-order valence-corrected chi connectivity index (χ3v) is 3.89. The van der Waals surface area contributed by atoms with Crippen molar-refractivity contribution in [3.63, 3.8) is 0 Å². The van der Waals surface area contributed by atoms with E-state index in [1.165, 1.54) is 10.9 Å². The van der Waals surface area contributed by atoms with Gasteiger partial charge in [-0.25, -0.2) is 4.98 Å². The average molecular weight is 356 g/mol. The molecule has 1 heterocycles. The number of nitriles is 1. The number of aromatic nitrogens is 2. The molecule has 0 aliphatic rings. The monoisotopic (exact) mass is 355 g/mol. The molecule has 0 unspecified atom stereocenters. The van der Waals surface area contributed by atoms with Crippen LogP contribution in [0.25, 0.3) is 17.1 Å². The Kier molecular flexibility index (Phi) is 5.12. The number of nitrogens with two attached hydrogens (primary N) is 2. The fourth-order valence-corrected chi connectivity index (χ4v) is 2.55. The van der Waals surface area contributed by atoms with Crippen molar-refractivity contribution in [3.05, 3.63) is 63.7 Å². The number of rotatable bonds is 3. The van der Waals surface area contributed by atoms with Crippen LogP contribution in [0.3, 0.4) is 0 Å². The zero-order chi connectivity index (χ0) is 17.3. The number of hydrogen-bond acceptors (Lipinski definition) is 5. The summed E-state index contributed by atoms with van der Waals surface area (Å²) in [6.45, 7) is 0. The summed E-state index contributed by atoms with van der Waals surface area (Å²) in [6, 6.07) is 10.3. The van der Waals surface area contributed by atoms with Crippen molar-refractivity contribution in [2.75, 3.05) is 5.32 Å². The van der Waals surface area contributed by atoms with Gasteiger partial charge in [-0.2, -0.15) is 10.8 Å². The van der Waals surface area contributed by atoms with Gasteiger partial charge in [0.05, 0.1) is 27.9 Å². The maximum absolute atomic E-state index is 12.2. The molecule has 9 heteroatoms. The Bertz CT molecular complexity index is 1070. The van der Waals surface area contributed by atoms with E-state index >= 15 is 0 Å². The first kappa shape index (κ1) is 18.1. The molecule has 0 amide bonds. The van der Waals surface area contributed by atoms with Crippen molar-refractivity contribution < 1.29 is 5.53 Å². The summed E-state index contributed by atoms with van der Waals surface area (Å²) in [5.74, 6) is 0. The molecular weight excluding hydrogens is 342 g/mol. The highest BCUT2D eigenvalue weighted by atomic mass is 35.5. The van der Waals surface area contributed by atoms with Crippen LogP contribution in [-0.4, -0.2) is 9.55 Å². The third kappa shape index (κ3) is 3.19. The molecule has 0 saturated heterocycles. The Hall–Kier alpha value is -3.28. The molecule has 0 aliphatic heterocycles. The smallest absolute Gasteiger partial charge is 0.260 e. The highest BCUT2D eigenvalue weighted by Crippen LogP contribution is 2.34. The van der Waals surface area contributed by atoms with Crippen molar-refractivity contribution in [2.45, 2.75) is 0 Å². The number of benzene rings is 2. The number of aryl methyl sites for hydroxylation is 1. The van der Waals surface area contributed by atoms with E-state index < -0.39 is 0 Å². The lowest BCUT2D eigenvalue weighted by Crippen LogP contribution is -2.22. The second kappa shape index (κ2) is 7.09. The SMILES string of the molecule is Cn1cnc2ccc(Nc3c(Cl)ccc(N=[NH2+])c3C#N)cc2c1=O.[NH2-]. The van der Waals surface area contributed by atoms with Crippen molar-refractivity contribution >= 4 is 39.6 Å². The van der Waals surface area contributed by atoms with Gasteiger partial charge in [0.1, 0.15) is 17.3 Å². The van der Waals surface area contributed by atoms with E-state index in [2.05, 4.69) is 15.4 Å². The topological polar surface area (TPSA) is 142 Å². The van der Waals surface area contributed by atoms with Crippen molar-refractivity contribution in [1.82, 2.24) is 9.55 Å². The Balaban J connectivity index is 0.00000225. The summed E-state index contributed by atoms with van der Waals surface area (Å²) in [5, 5.41) is 16.8. The maximum Gasteiger partial charge on any atom is 0.260 e. The molecule has 0 spiro atoms. The number of halogens is 1. The first-order chi connectivity index (χ1) is 11.5. The summed E-state index contributed by atoms with van der Waals surface area (Å²) in [7, 11) is 1.63. The molecule has 126 valence electrons. The van der Waals surface area contributed by atoms with Gasteiger partial charge in [-0.05, 0) is 35.4 Å². The Labute approximate surface area is 147 Å². The molecule has 0 radical (unpaired) electrons. The van der Waals surface area contributed by atoms with Crippen LogP contribution in [0.4, 0.5) is 17.1 Å². The van der Waals surface area contributed by atoms with E-state index in [-0.39, 0.29) is 17.3 Å². The molecule has 0 bridgehead atoms. The molecule has 5 N–H and O–H groups in total. The lowest BCUT2D eigenvalue weighted by atomic mass is 10.1. The summed E-state index contributed by atoms with van der Waals surface area (Å²) in [5.41, 5.74) is 7.24. The van der Waals surface area contributed by atoms with Gasteiger partial charge in [0.25, 0.3) is 5.56 Å². The number of nitrogens with zero attached hydrogens (tertiary/aromatic N) is 4. The van der Waals surface area contributed by atoms with Crippen LogP contribution >= 0.6 is 11.6 Å². The van der Waals surface area contributed by atoms with Crippen molar-refractivity contribution in [3.8, 4) is 6.07 Å². The van der Waals surface area contributed by atoms with Crippen LogP contribution in [0.1, 0.15) is 5.56 Å².